The van der Waals surface area contributed by atoms with Crippen molar-refractivity contribution >= 4 is 35.6 Å². The molecule has 34 heavy (non-hydrogen) atoms. The van der Waals surface area contributed by atoms with Crippen LogP contribution in [0, 0.1) is 0 Å². The van der Waals surface area contributed by atoms with Gasteiger partial charge in [-0.3, -0.25) is 9.59 Å². The number of carboxylic acid groups (broad SMARTS) is 1. The molecule has 0 spiro atoms. The number of benzene rings is 2. The molecule has 1 fully saturated rings. The van der Waals surface area contributed by atoms with Gasteiger partial charge in [0.05, 0.1) is 0 Å². The van der Waals surface area contributed by atoms with Gasteiger partial charge in [0, 0.05) is 24.6 Å². The molecule has 1 saturated heterocycles. The van der Waals surface area contributed by atoms with Crippen molar-refractivity contribution in [2.45, 2.75) is 31.3 Å². The van der Waals surface area contributed by atoms with Crippen LogP contribution < -0.4 is 20.7 Å². The van der Waals surface area contributed by atoms with Crippen molar-refractivity contribution in [2.24, 2.45) is 0 Å². The lowest BCUT2D eigenvalue weighted by molar-refractivity contribution is -0.139. The van der Waals surface area contributed by atoms with Crippen LogP contribution in [0.5, 0.6) is 5.75 Å². The minimum absolute atomic E-state index is 0.0416. The second-order valence-electron chi connectivity index (χ2n) is 7.79. The summed E-state index contributed by atoms with van der Waals surface area (Å²) in [5.74, 6) is -0.852. The van der Waals surface area contributed by atoms with E-state index in [1.165, 1.54) is 23.9 Å². The fraction of sp³-hybridized carbons (Fsp3) is 0.333. The normalized spacial score (nSPS) is 15.8. The molecule has 0 aromatic heterocycles. The zero-order valence-corrected chi connectivity index (χ0v) is 19.5. The van der Waals surface area contributed by atoms with Gasteiger partial charge in [0.1, 0.15) is 11.8 Å². The molecule has 3 rings (SSSR count). The average molecular weight is 486 g/mol. The van der Waals surface area contributed by atoms with E-state index in [2.05, 4.69) is 16.0 Å². The molecule has 2 aromatic carbocycles. The molecule has 10 heteroatoms. The highest BCUT2D eigenvalue weighted by molar-refractivity contribution is 7.98. The summed E-state index contributed by atoms with van der Waals surface area (Å²) in [6.07, 6.45) is 2.57. The standard InChI is InChI=1S/C24H27N3O6S/c1-34-12-11-20(23(30)31)27-22(29)18-9-8-17(13-19(18)15-5-3-2-4-6-15)33-24(32)25-14-16-7-10-21(28)26-16/h2-6,8-9,13,16,20H,7,10-12,14H2,1H3,(H,25,32)(H,26,28)(H,27,29)(H,30,31)/t16-,20-/m0/s1. The highest BCUT2D eigenvalue weighted by Crippen LogP contribution is 2.28. The number of nitrogens with one attached hydrogen (secondary N) is 3. The Kier molecular flexibility index (Phi) is 8.92. The number of hydrogen-bond acceptors (Lipinski definition) is 6. The van der Waals surface area contributed by atoms with Crippen molar-refractivity contribution in [3.8, 4) is 16.9 Å². The molecule has 0 saturated carbocycles. The van der Waals surface area contributed by atoms with Crippen molar-refractivity contribution in [3.63, 3.8) is 0 Å². The van der Waals surface area contributed by atoms with Gasteiger partial charge >= 0.3 is 12.1 Å². The first-order chi connectivity index (χ1) is 16.4. The van der Waals surface area contributed by atoms with Crippen LogP contribution in [-0.4, -0.2) is 59.6 Å². The molecule has 0 radical (unpaired) electrons. The second-order valence-corrected chi connectivity index (χ2v) is 8.78. The lowest BCUT2D eigenvalue weighted by Gasteiger charge is -2.17. The summed E-state index contributed by atoms with van der Waals surface area (Å²) in [6.45, 7) is 0.253. The summed E-state index contributed by atoms with van der Waals surface area (Å²) in [5, 5.41) is 17.4. The molecule has 0 unspecified atom stereocenters. The number of ether oxygens (including phenoxy) is 1. The van der Waals surface area contributed by atoms with E-state index >= 15 is 0 Å². The highest BCUT2D eigenvalue weighted by Gasteiger charge is 2.23. The van der Waals surface area contributed by atoms with Crippen molar-refractivity contribution < 1.29 is 29.0 Å². The largest absolute Gasteiger partial charge is 0.480 e. The summed E-state index contributed by atoms with van der Waals surface area (Å²) in [5.41, 5.74) is 1.48. The van der Waals surface area contributed by atoms with Gasteiger partial charge in [-0.2, -0.15) is 11.8 Å². The summed E-state index contributed by atoms with van der Waals surface area (Å²) in [7, 11) is 0. The fourth-order valence-electron chi connectivity index (χ4n) is 3.55. The topological polar surface area (TPSA) is 134 Å². The highest BCUT2D eigenvalue weighted by atomic mass is 32.2. The molecule has 0 aliphatic carbocycles. The lowest BCUT2D eigenvalue weighted by Crippen LogP contribution is -2.41. The molecule has 1 heterocycles. The van der Waals surface area contributed by atoms with Crippen LogP contribution in [-0.2, 0) is 9.59 Å². The van der Waals surface area contributed by atoms with Gasteiger partial charge in [0.15, 0.2) is 0 Å². The van der Waals surface area contributed by atoms with Crippen LogP contribution in [0.2, 0.25) is 0 Å². The smallest absolute Gasteiger partial charge is 0.412 e. The predicted molar refractivity (Wildman–Crippen MR) is 129 cm³/mol. The molecule has 3 amide bonds. The Morgan fingerprint density at radius 1 is 1.21 bits per heavy atom. The molecule has 180 valence electrons. The number of rotatable bonds is 10. The van der Waals surface area contributed by atoms with Crippen molar-refractivity contribution in [1.82, 2.24) is 16.0 Å². The maximum absolute atomic E-state index is 13.0. The quantitative estimate of drug-likeness (QED) is 0.406. The van der Waals surface area contributed by atoms with Crippen molar-refractivity contribution in [2.75, 3.05) is 18.6 Å². The first kappa shape index (κ1) is 25.1. The van der Waals surface area contributed by atoms with Gasteiger partial charge in [0.25, 0.3) is 5.91 Å². The van der Waals surface area contributed by atoms with Crippen LogP contribution in [0.4, 0.5) is 4.79 Å². The van der Waals surface area contributed by atoms with E-state index in [-0.39, 0.29) is 29.8 Å². The first-order valence-electron chi connectivity index (χ1n) is 10.8. The number of hydrogen-bond donors (Lipinski definition) is 4. The van der Waals surface area contributed by atoms with E-state index in [1.807, 2.05) is 24.5 Å². The second kappa shape index (κ2) is 12.1. The first-order valence-corrected chi connectivity index (χ1v) is 12.2. The Morgan fingerprint density at radius 3 is 2.62 bits per heavy atom. The SMILES string of the molecule is CSCC[C@H](NC(=O)c1ccc(OC(=O)NC[C@@H]2CCC(=O)N2)cc1-c1ccccc1)C(=O)O. The number of carbonyl (C=O) groups excluding carboxylic acids is 3. The maximum atomic E-state index is 13.0. The van der Waals surface area contributed by atoms with Crippen LogP contribution in [0.3, 0.4) is 0 Å². The summed E-state index contributed by atoms with van der Waals surface area (Å²) >= 11 is 1.50. The number of carbonyl (C=O) groups is 4. The number of amides is 3. The summed E-state index contributed by atoms with van der Waals surface area (Å²) in [6, 6.07) is 12.5. The zero-order valence-electron chi connectivity index (χ0n) is 18.7. The minimum atomic E-state index is -1.10. The molecule has 2 atom stereocenters. The van der Waals surface area contributed by atoms with Crippen molar-refractivity contribution in [1.29, 1.82) is 0 Å². The van der Waals surface area contributed by atoms with E-state index in [1.54, 1.807) is 18.2 Å². The van der Waals surface area contributed by atoms with Crippen LogP contribution >= 0.6 is 11.8 Å². The third kappa shape index (κ3) is 6.98. The van der Waals surface area contributed by atoms with E-state index < -0.39 is 24.0 Å². The maximum Gasteiger partial charge on any atom is 0.412 e. The molecule has 4 N–H and O–H groups in total. The van der Waals surface area contributed by atoms with E-state index in [4.69, 9.17) is 4.74 Å². The lowest BCUT2D eigenvalue weighted by atomic mass is 9.98. The molecule has 9 nitrogen and oxygen atoms in total. The Hall–Kier alpha value is -3.53. The Labute approximate surface area is 201 Å². The number of aliphatic carboxylic acids is 1. The van der Waals surface area contributed by atoms with Gasteiger partial charge in [0.2, 0.25) is 5.91 Å². The Balaban J connectivity index is 1.76. The Bertz CT molecular complexity index is 1050. The van der Waals surface area contributed by atoms with Gasteiger partial charge in [-0.15, -0.1) is 0 Å². The van der Waals surface area contributed by atoms with E-state index in [9.17, 15) is 24.3 Å². The van der Waals surface area contributed by atoms with Crippen molar-refractivity contribution in [3.05, 3.63) is 54.1 Å². The molecule has 1 aliphatic heterocycles. The third-order valence-corrected chi connectivity index (χ3v) is 5.97. The van der Waals surface area contributed by atoms with Crippen LogP contribution in [0.15, 0.2) is 48.5 Å². The summed E-state index contributed by atoms with van der Waals surface area (Å²) in [4.78, 5) is 48.1. The molecule has 1 aliphatic rings. The number of thioether (sulfide) groups is 1. The van der Waals surface area contributed by atoms with Gasteiger partial charge in [-0.25, -0.2) is 9.59 Å². The zero-order chi connectivity index (χ0) is 24.5. The average Bonchev–Trinajstić information content (AvgIpc) is 3.25. The molecular formula is C24H27N3O6S. The number of carboxylic acids is 1. The Morgan fingerprint density at radius 2 is 1.97 bits per heavy atom. The van der Waals surface area contributed by atoms with Crippen LogP contribution in [0.1, 0.15) is 29.6 Å². The van der Waals surface area contributed by atoms with E-state index in [0.29, 0.717) is 36.1 Å². The summed E-state index contributed by atoms with van der Waals surface area (Å²) < 4.78 is 5.38. The molecule has 2 aromatic rings. The minimum Gasteiger partial charge on any atom is -0.480 e. The van der Waals surface area contributed by atoms with E-state index in [0.717, 1.165) is 0 Å². The van der Waals surface area contributed by atoms with Gasteiger partial charge in [-0.05, 0) is 54.2 Å². The van der Waals surface area contributed by atoms with Gasteiger partial charge in [-0.1, -0.05) is 30.3 Å². The monoisotopic (exact) mass is 485 g/mol. The van der Waals surface area contributed by atoms with Crippen LogP contribution in [0.25, 0.3) is 11.1 Å². The molecule has 0 bridgehead atoms. The fourth-order valence-corrected chi connectivity index (χ4v) is 4.02. The molecular weight excluding hydrogens is 458 g/mol. The van der Waals surface area contributed by atoms with Gasteiger partial charge < -0.3 is 25.8 Å². The predicted octanol–water partition coefficient (Wildman–Crippen LogP) is 2.66. The third-order valence-electron chi connectivity index (χ3n) is 5.32.